The smallest absolute Gasteiger partial charge is 0.229 e. The average molecular weight is 356 g/mol. The number of ether oxygens (including phenoxy) is 2. The summed E-state index contributed by atoms with van der Waals surface area (Å²) in [5.74, 6) is 0.778. The molecule has 3 rings (SSSR count). The van der Waals surface area contributed by atoms with Crippen molar-refractivity contribution in [1.82, 2.24) is 9.97 Å². The van der Waals surface area contributed by atoms with Crippen LogP contribution in [0, 0.1) is 5.82 Å². The summed E-state index contributed by atoms with van der Waals surface area (Å²) >= 11 is 0. The molecule has 0 saturated heterocycles. The molecule has 3 N–H and O–H groups in total. The number of halogens is 1. The van der Waals surface area contributed by atoms with Crippen LogP contribution in [0.5, 0.6) is 17.2 Å². The number of anilines is 4. The number of benzene rings is 2. The molecule has 0 fully saturated rings. The minimum Gasteiger partial charge on any atom is -0.508 e. The third kappa shape index (κ3) is 4.10. The van der Waals surface area contributed by atoms with E-state index in [2.05, 4.69) is 20.6 Å². The first kappa shape index (κ1) is 17.3. The van der Waals surface area contributed by atoms with Gasteiger partial charge in [0, 0.05) is 35.6 Å². The molecule has 7 nitrogen and oxygen atoms in total. The number of hydrogen-bond donors (Lipinski definition) is 3. The van der Waals surface area contributed by atoms with Gasteiger partial charge < -0.3 is 25.2 Å². The van der Waals surface area contributed by atoms with Crippen molar-refractivity contribution in [3.63, 3.8) is 0 Å². The van der Waals surface area contributed by atoms with Gasteiger partial charge in [-0.1, -0.05) is 6.07 Å². The lowest BCUT2D eigenvalue weighted by Gasteiger charge is -2.11. The summed E-state index contributed by atoms with van der Waals surface area (Å²) in [6, 6.07) is 11.5. The molecule has 134 valence electrons. The first-order valence-corrected chi connectivity index (χ1v) is 7.66. The van der Waals surface area contributed by atoms with Gasteiger partial charge >= 0.3 is 0 Å². The fourth-order valence-corrected chi connectivity index (χ4v) is 2.24. The van der Waals surface area contributed by atoms with Gasteiger partial charge in [0.15, 0.2) is 11.6 Å². The van der Waals surface area contributed by atoms with Crippen LogP contribution in [0.4, 0.5) is 27.5 Å². The fourth-order valence-electron chi connectivity index (χ4n) is 2.24. The molecule has 1 aromatic heterocycles. The third-order valence-electron chi connectivity index (χ3n) is 3.46. The first-order chi connectivity index (χ1) is 12.6. The van der Waals surface area contributed by atoms with E-state index in [1.54, 1.807) is 44.6 Å². The molecule has 0 saturated carbocycles. The predicted molar refractivity (Wildman–Crippen MR) is 96.2 cm³/mol. The van der Waals surface area contributed by atoms with Gasteiger partial charge in [0.25, 0.3) is 0 Å². The molecule has 0 atom stereocenters. The van der Waals surface area contributed by atoms with Gasteiger partial charge in [0.2, 0.25) is 5.95 Å². The zero-order chi connectivity index (χ0) is 18.5. The van der Waals surface area contributed by atoms with E-state index >= 15 is 0 Å². The molecule has 8 heteroatoms. The lowest BCUT2D eigenvalue weighted by atomic mass is 10.3. The largest absolute Gasteiger partial charge is 0.508 e. The number of aromatic hydroxyl groups is 1. The van der Waals surface area contributed by atoms with Gasteiger partial charge in [0.05, 0.1) is 20.4 Å². The molecule has 0 aliphatic rings. The van der Waals surface area contributed by atoms with Crippen molar-refractivity contribution >= 4 is 23.1 Å². The summed E-state index contributed by atoms with van der Waals surface area (Å²) < 4.78 is 24.4. The van der Waals surface area contributed by atoms with E-state index in [9.17, 15) is 9.50 Å². The number of nitrogens with one attached hydrogen (secondary N) is 2. The zero-order valence-electron chi connectivity index (χ0n) is 14.2. The van der Waals surface area contributed by atoms with Gasteiger partial charge in [-0.25, -0.2) is 9.37 Å². The Morgan fingerprint density at radius 2 is 1.69 bits per heavy atom. The Bertz CT molecular complexity index is 898. The quantitative estimate of drug-likeness (QED) is 0.618. The maximum atomic E-state index is 14.0. The Labute approximate surface area is 149 Å². The number of aromatic nitrogens is 2. The summed E-state index contributed by atoms with van der Waals surface area (Å²) in [5.41, 5.74) is 1.12. The topological polar surface area (TPSA) is 88.5 Å². The highest BCUT2D eigenvalue weighted by atomic mass is 19.1. The van der Waals surface area contributed by atoms with E-state index in [0.717, 1.165) is 6.20 Å². The molecule has 0 aliphatic carbocycles. The Morgan fingerprint density at radius 3 is 2.35 bits per heavy atom. The van der Waals surface area contributed by atoms with Crippen LogP contribution in [0.2, 0.25) is 0 Å². The van der Waals surface area contributed by atoms with Crippen LogP contribution in [0.1, 0.15) is 0 Å². The van der Waals surface area contributed by atoms with E-state index < -0.39 is 5.82 Å². The molecule has 3 aromatic rings. The molecule has 0 bridgehead atoms. The van der Waals surface area contributed by atoms with Crippen molar-refractivity contribution in [2.45, 2.75) is 0 Å². The molecular weight excluding hydrogens is 339 g/mol. The summed E-state index contributed by atoms with van der Waals surface area (Å²) in [6.45, 7) is 0. The molecule has 0 aliphatic heterocycles. The second-order valence-corrected chi connectivity index (χ2v) is 5.29. The molecule has 1 heterocycles. The van der Waals surface area contributed by atoms with E-state index in [0.29, 0.717) is 22.9 Å². The summed E-state index contributed by atoms with van der Waals surface area (Å²) in [6.07, 6.45) is 1.05. The van der Waals surface area contributed by atoms with Crippen LogP contribution in [0.15, 0.2) is 48.7 Å². The lowest BCUT2D eigenvalue weighted by molar-refractivity contribution is 0.395. The van der Waals surface area contributed by atoms with Crippen molar-refractivity contribution in [3.05, 3.63) is 54.5 Å². The van der Waals surface area contributed by atoms with E-state index in [1.807, 2.05) is 0 Å². The highest BCUT2D eigenvalue weighted by molar-refractivity contribution is 5.63. The first-order valence-electron chi connectivity index (χ1n) is 7.66. The molecule has 2 aromatic carbocycles. The van der Waals surface area contributed by atoms with Crippen molar-refractivity contribution in [1.29, 1.82) is 0 Å². The van der Waals surface area contributed by atoms with E-state index in [4.69, 9.17) is 9.47 Å². The maximum Gasteiger partial charge on any atom is 0.229 e. The number of nitrogens with zero attached hydrogens (tertiary/aromatic N) is 2. The molecular formula is C18H17FN4O3. The highest BCUT2D eigenvalue weighted by Crippen LogP contribution is 2.28. The summed E-state index contributed by atoms with van der Waals surface area (Å²) in [7, 11) is 3.09. The number of hydrogen-bond acceptors (Lipinski definition) is 7. The zero-order valence-corrected chi connectivity index (χ0v) is 14.2. The van der Waals surface area contributed by atoms with Gasteiger partial charge in [-0.15, -0.1) is 0 Å². The standard InChI is InChI=1S/C18H17FN4O3/c1-25-14-7-12(8-15(9-14)26-2)22-18-20-10-16(19)17(23-18)21-11-4-3-5-13(24)6-11/h3-10,24H,1-2H3,(H2,20,21,22,23). The number of methoxy groups -OCH3 is 2. The van der Waals surface area contributed by atoms with Crippen LogP contribution in [0.3, 0.4) is 0 Å². The van der Waals surface area contributed by atoms with Crippen LogP contribution >= 0.6 is 0 Å². The third-order valence-corrected chi connectivity index (χ3v) is 3.46. The minimum atomic E-state index is -0.623. The molecule has 26 heavy (non-hydrogen) atoms. The van der Waals surface area contributed by atoms with E-state index in [1.165, 1.54) is 12.1 Å². The maximum absolute atomic E-state index is 14.0. The Balaban J connectivity index is 1.85. The van der Waals surface area contributed by atoms with E-state index in [-0.39, 0.29) is 17.5 Å². The minimum absolute atomic E-state index is 0.0250. The molecule has 0 unspecified atom stereocenters. The monoisotopic (exact) mass is 356 g/mol. The van der Waals surface area contributed by atoms with Crippen molar-refractivity contribution in [3.8, 4) is 17.2 Å². The number of rotatable bonds is 6. The molecule has 0 radical (unpaired) electrons. The second kappa shape index (κ2) is 7.56. The normalized spacial score (nSPS) is 10.3. The Kier molecular flexibility index (Phi) is 5.02. The average Bonchev–Trinajstić information content (AvgIpc) is 2.64. The second-order valence-electron chi connectivity index (χ2n) is 5.29. The van der Waals surface area contributed by atoms with Gasteiger partial charge in [-0.3, -0.25) is 0 Å². The Morgan fingerprint density at radius 1 is 0.962 bits per heavy atom. The van der Waals surface area contributed by atoms with Crippen molar-refractivity contribution < 1.29 is 19.0 Å². The summed E-state index contributed by atoms with van der Waals surface area (Å²) in [4.78, 5) is 8.07. The van der Waals surface area contributed by atoms with Gasteiger partial charge in [0.1, 0.15) is 17.2 Å². The highest BCUT2D eigenvalue weighted by Gasteiger charge is 2.09. The van der Waals surface area contributed by atoms with Gasteiger partial charge in [-0.05, 0) is 12.1 Å². The number of phenols is 1. The van der Waals surface area contributed by atoms with Crippen LogP contribution < -0.4 is 20.1 Å². The van der Waals surface area contributed by atoms with Crippen LogP contribution in [0.25, 0.3) is 0 Å². The predicted octanol–water partition coefficient (Wildman–Crippen LogP) is 3.83. The molecule has 0 spiro atoms. The van der Waals surface area contributed by atoms with Gasteiger partial charge in [-0.2, -0.15) is 4.98 Å². The Hall–Kier alpha value is -3.55. The SMILES string of the molecule is COc1cc(Nc2ncc(F)c(Nc3cccc(O)c3)n2)cc(OC)c1. The number of phenolic OH excluding ortho intramolecular Hbond substituents is 1. The lowest BCUT2D eigenvalue weighted by Crippen LogP contribution is -2.03. The van der Waals surface area contributed by atoms with Crippen LogP contribution in [-0.4, -0.2) is 29.3 Å². The van der Waals surface area contributed by atoms with Crippen molar-refractivity contribution in [2.24, 2.45) is 0 Å². The summed E-state index contributed by atoms with van der Waals surface area (Å²) in [5, 5.41) is 15.3. The van der Waals surface area contributed by atoms with Crippen molar-refractivity contribution in [2.75, 3.05) is 24.9 Å². The fraction of sp³-hybridized carbons (Fsp3) is 0.111. The van der Waals surface area contributed by atoms with Crippen LogP contribution in [-0.2, 0) is 0 Å². The molecule has 0 amide bonds.